The minimum Gasteiger partial charge on any atom is -0.271 e. The Labute approximate surface area is 127 Å². The maximum absolute atomic E-state index is 5.70. The molecular formula is C12H12BrIN2S. The number of thiophene rings is 1. The second-order valence-electron chi connectivity index (χ2n) is 3.76. The first-order valence-corrected chi connectivity index (χ1v) is 7.83. The Hall–Kier alpha value is 0.0500. The molecule has 2 nitrogen and oxygen atoms in total. The van der Waals surface area contributed by atoms with Gasteiger partial charge in [0.05, 0.1) is 6.04 Å². The SMILES string of the molecule is Cc1cc(C(NN)c2cc(Br)ccc2I)cs1. The summed E-state index contributed by atoms with van der Waals surface area (Å²) in [4.78, 5) is 1.30. The Bertz CT molecular complexity index is 527. The van der Waals surface area contributed by atoms with E-state index in [1.54, 1.807) is 11.3 Å². The van der Waals surface area contributed by atoms with Crippen LogP contribution in [0.1, 0.15) is 22.0 Å². The van der Waals surface area contributed by atoms with E-state index in [4.69, 9.17) is 5.84 Å². The Kier molecular flexibility index (Phi) is 4.59. The van der Waals surface area contributed by atoms with Crippen LogP contribution in [0.3, 0.4) is 0 Å². The van der Waals surface area contributed by atoms with Gasteiger partial charge >= 0.3 is 0 Å². The number of hydrazine groups is 1. The molecule has 0 saturated carbocycles. The van der Waals surface area contributed by atoms with E-state index in [-0.39, 0.29) is 6.04 Å². The third-order valence-electron chi connectivity index (χ3n) is 2.52. The predicted octanol–water partition coefficient (Wildman–Crippen LogP) is 3.98. The van der Waals surface area contributed by atoms with Crippen molar-refractivity contribution >= 4 is 49.9 Å². The molecule has 1 heterocycles. The van der Waals surface area contributed by atoms with Crippen molar-refractivity contribution in [2.75, 3.05) is 0 Å². The van der Waals surface area contributed by atoms with Gasteiger partial charge in [0.2, 0.25) is 0 Å². The van der Waals surface area contributed by atoms with Gasteiger partial charge in [-0.3, -0.25) is 5.84 Å². The van der Waals surface area contributed by atoms with Crippen molar-refractivity contribution in [3.8, 4) is 0 Å². The average Bonchev–Trinajstić information content (AvgIpc) is 2.71. The summed E-state index contributed by atoms with van der Waals surface area (Å²) in [7, 11) is 0. The summed E-state index contributed by atoms with van der Waals surface area (Å²) in [6, 6.07) is 8.46. The molecule has 0 bridgehead atoms. The lowest BCUT2D eigenvalue weighted by Gasteiger charge is -2.17. The molecule has 0 aliphatic rings. The van der Waals surface area contributed by atoms with E-state index in [9.17, 15) is 0 Å². The summed E-state index contributed by atoms with van der Waals surface area (Å²) >= 11 is 7.58. The molecule has 1 atom stereocenters. The Morgan fingerprint density at radius 3 is 2.76 bits per heavy atom. The van der Waals surface area contributed by atoms with Crippen molar-refractivity contribution in [1.82, 2.24) is 5.43 Å². The van der Waals surface area contributed by atoms with Gasteiger partial charge in [0.1, 0.15) is 0 Å². The van der Waals surface area contributed by atoms with Gasteiger partial charge in [-0.25, -0.2) is 5.43 Å². The lowest BCUT2D eigenvalue weighted by molar-refractivity contribution is 0.636. The largest absolute Gasteiger partial charge is 0.271 e. The molecule has 1 unspecified atom stereocenters. The maximum Gasteiger partial charge on any atom is 0.0728 e. The minimum atomic E-state index is 0.0457. The number of hydrogen-bond acceptors (Lipinski definition) is 3. The minimum absolute atomic E-state index is 0.0457. The van der Waals surface area contributed by atoms with Crippen molar-refractivity contribution in [2.45, 2.75) is 13.0 Å². The molecule has 90 valence electrons. The van der Waals surface area contributed by atoms with E-state index >= 15 is 0 Å². The lowest BCUT2D eigenvalue weighted by atomic mass is 10.0. The van der Waals surface area contributed by atoms with Crippen LogP contribution >= 0.6 is 49.9 Å². The molecule has 0 fully saturated rings. The lowest BCUT2D eigenvalue weighted by Crippen LogP contribution is -2.29. The van der Waals surface area contributed by atoms with Gasteiger partial charge in [0.25, 0.3) is 0 Å². The van der Waals surface area contributed by atoms with Crippen LogP contribution in [0.5, 0.6) is 0 Å². The van der Waals surface area contributed by atoms with Gasteiger partial charge in [0.15, 0.2) is 0 Å². The molecule has 2 rings (SSSR count). The molecule has 5 heteroatoms. The number of halogens is 2. The monoisotopic (exact) mass is 422 g/mol. The fourth-order valence-corrected chi connectivity index (χ4v) is 3.47. The summed E-state index contributed by atoms with van der Waals surface area (Å²) in [5.74, 6) is 5.70. The summed E-state index contributed by atoms with van der Waals surface area (Å²) in [6.45, 7) is 2.10. The smallest absolute Gasteiger partial charge is 0.0728 e. The van der Waals surface area contributed by atoms with Crippen molar-refractivity contribution in [1.29, 1.82) is 0 Å². The predicted molar refractivity (Wildman–Crippen MR) is 85.1 cm³/mol. The molecule has 0 aliphatic carbocycles. The van der Waals surface area contributed by atoms with E-state index in [1.165, 1.54) is 19.6 Å². The van der Waals surface area contributed by atoms with E-state index in [1.807, 2.05) is 6.07 Å². The van der Waals surface area contributed by atoms with Crippen LogP contribution in [0.15, 0.2) is 34.1 Å². The molecule has 17 heavy (non-hydrogen) atoms. The maximum atomic E-state index is 5.70. The molecule has 0 spiro atoms. The Morgan fingerprint density at radius 2 is 2.18 bits per heavy atom. The van der Waals surface area contributed by atoms with Crippen LogP contribution in [0.25, 0.3) is 0 Å². The number of nitrogens with one attached hydrogen (secondary N) is 1. The summed E-state index contributed by atoms with van der Waals surface area (Å²) < 4.78 is 2.28. The highest BCUT2D eigenvalue weighted by Crippen LogP contribution is 2.30. The highest BCUT2D eigenvalue weighted by molar-refractivity contribution is 14.1. The van der Waals surface area contributed by atoms with Crippen LogP contribution in [-0.4, -0.2) is 0 Å². The first-order valence-electron chi connectivity index (χ1n) is 5.08. The highest BCUT2D eigenvalue weighted by Gasteiger charge is 2.16. The molecule has 1 aromatic carbocycles. The van der Waals surface area contributed by atoms with Gasteiger partial charge in [-0.15, -0.1) is 11.3 Å². The van der Waals surface area contributed by atoms with E-state index < -0.39 is 0 Å². The van der Waals surface area contributed by atoms with Crippen LogP contribution < -0.4 is 11.3 Å². The van der Waals surface area contributed by atoms with E-state index in [2.05, 4.69) is 74.4 Å². The number of rotatable bonds is 3. The third-order valence-corrected chi connectivity index (χ3v) is 4.88. The Balaban J connectivity index is 2.45. The zero-order chi connectivity index (χ0) is 12.4. The first kappa shape index (κ1) is 13.5. The Morgan fingerprint density at radius 1 is 1.41 bits per heavy atom. The van der Waals surface area contributed by atoms with Crippen molar-refractivity contribution in [3.05, 3.63) is 53.7 Å². The first-order chi connectivity index (χ1) is 8.11. The third kappa shape index (κ3) is 3.08. The second-order valence-corrected chi connectivity index (χ2v) is 6.95. The quantitative estimate of drug-likeness (QED) is 0.446. The van der Waals surface area contributed by atoms with Gasteiger partial charge in [-0.1, -0.05) is 15.9 Å². The van der Waals surface area contributed by atoms with Crippen molar-refractivity contribution < 1.29 is 0 Å². The number of nitrogens with two attached hydrogens (primary N) is 1. The van der Waals surface area contributed by atoms with Crippen LogP contribution in [-0.2, 0) is 0 Å². The van der Waals surface area contributed by atoms with Crippen LogP contribution in [0.4, 0.5) is 0 Å². The number of aryl methyl sites for hydroxylation is 1. The summed E-state index contributed by atoms with van der Waals surface area (Å²) in [5.41, 5.74) is 5.31. The fraction of sp³-hybridized carbons (Fsp3) is 0.167. The van der Waals surface area contributed by atoms with Crippen molar-refractivity contribution in [2.24, 2.45) is 5.84 Å². The van der Waals surface area contributed by atoms with Crippen LogP contribution in [0.2, 0.25) is 0 Å². The average molecular weight is 423 g/mol. The molecular weight excluding hydrogens is 411 g/mol. The molecule has 0 aliphatic heterocycles. The number of benzene rings is 1. The second kappa shape index (κ2) is 5.79. The highest BCUT2D eigenvalue weighted by atomic mass is 127. The molecule has 3 N–H and O–H groups in total. The van der Waals surface area contributed by atoms with Gasteiger partial charge in [-0.2, -0.15) is 0 Å². The van der Waals surface area contributed by atoms with E-state index in [0.29, 0.717) is 0 Å². The van der Waals surface area contributed by atoms with E-state index in [0.717, 1.165) is 4.47 Å². The molecule has 0 radical (unpaired) electrons. The normalized spacial score (nSPS) is 12.7. The van der Waals surface area contributed by atoms with Gasteiger partial charge in [0, 0.05) is 12.9 Å². The molecule has 0 saturated heterocycles. The molecule has 0 amide bonds. The standard InChI is InChI=1S/C12H12BrIN2S/c1-7-4-8(6-17-7)12(16-15)10-5-9(13)2-3-11(10)14/h2-6,12,16H,15H2,1H3. The zero-order valence-electron chi connectivity index (χ0n) is 9.21. The topological polar surface area (TPSA) is 38.0 Å². The van der Waals surface area contributed by atoms with Crippen molar-refractivity contribution in [3.63, 3.8) is 0 Å². The van der Waals surface area contributed by atoms with Gasteiger partial charge < -0.3 is 0 Å². The number of hydrogen-bond donors (Lipinski definition) is 2. The summed E-state index contributed by atoms with van der Waals surface area (Å²) in [5, 5.41) is 2.15. The van der Waals surface area contributed by atoms with Gasteiger partial charge in [-0.05, 0) is 70.3 Å². The fourth-order valence-electron chi connectivity index (χ4n) is 1.72. The molecule has 1 aromatic heterocycles. The summed E-state index contributed by atoms with van der Waals surface area (Å²) in [6.07, 6.45) is 0. The van der Waals surface area contributed by atoms with Crippen LogP contribution in [0, 0.1) is 10.5 Å². The molecule has 2 aromatic rings. The zero-order valence-corrected chi connectivity index (χ0v) is 13.8.